The van der Waals surface area contributed by atoms with Crippen molar-refractivity contribution in [1.29, 1.82) is 0 Å². The molecule has 1 aromatic heterocycles. The van der Waals surface area contributed by atoms with Crippen LogP contribution in [0.25, 0.3) is 76.5 Å². The second kappa shape index (κ2) is 7.81. The highest BCUT2D eigenvalue weighted by atomic mass is 16.3. The van der Waals surface area contributed by atoms with E-state index in [2.05, 4.69) is 42.5 Å². The molecule has 0 saturated carbocycles. The van der Waals surface area contributed by atoms with E-state index in [4.69, 9.17) is 11.3 Å². The number of benzene rings is 7. The van der Waals surface area contributed by atoms with Gasteiger partial charge >= 0.3 is 0 Å². The first-order chi connectivity index (χ1) is 20.5. The Kier molecular flexibility index (Phi) is 3.37. The van der Waals surface area contributed by atoms with E-state index >= 15 is 0 Å². The molecule has 0 bridgehead atoms. The van der Waals surface area contributed by atoms with Gasteiger partial charge in [-0.1, -0.05) is 127 Å². The summed E-state index contributed by atoms with van der Waals surface area (Å²) < 4.78 is 49.1. The molecule has 1 heterocycles. The van der Waals surface area contributed by atoms with Crippen molar-refractivity contribution in [3.05, 3.63) is 133 Å². The third-order valence-electron chi connectivity index (χ3n) is 7.34. The van der Waals surface area contributed by atoms with Crippen molar-refractivity contribution in [3.63, 3.8) is 0 Å². The van der Waals surface area contributed by atoms with Crippen LogP contribution in [-0.4, -0.2) is 0 Å². The van der Waals surface area contributed by atoms with E-state index in [-0.39, 0.29) is 29.7 Å². The summed E-state index contributed by atoms with van der Waals surface area (Å²) in [5.74, 6) is 0. The van der Waals surface area contributed by atoms with Crippen molar-refractivity contribution in [2.24, 2.45) is 0 Å². The number of rotatable bonds is 2. The van der Waals surface area contributed by atoms with Gasteiger partial charge in [-0.25, -0.2) is 0 Å². The fourth-order valence-corrected chi connectivity index (χ4v) is 5.79. The zero-order chi connectivity index (χ0) is 28.7. The maximum Gasteiger partial charge on any atom is 0.143 e. The number of hydrogen-bond donors (Lipinski definition) is 0. The smallest absolute Gasteiger partial charge is 0.143 e. The first kappa shape index (κ1) is 16.0. The van der Waals surface area contributed by atoms with E-state index in [0.717, 1.165) is 65.4 Å². The summed E-state index contributed by atoms with van der Waals surface area (Å²) in [6.07, 6.45) is 0. The van der Waals surface area contributed by atoms with Gasteiger partial charge in [-0.2, -0.15) is 0 Å². The third kappa shape index (κ3) is 2.92. The number of fused-ring (bicyclic) bond motifs is 7. The normalized spacial score (nSPS) is 13.7. The van der Waals surface area contributed by atoms with Gasteiger partial charge in [0.05, 0.1) is 6.85 Å². The van der Waals surface area contributed by atoms with Gasteiger partial charge < -0.3 is 4.42 Å². The van der Waals surface area contributed by atoms with Crippen molar-refractivity contribution < 1.29 is 11.3 Å². The molecule has 0 aliphatic heterocycles. The van der Waals surface area contributed by atoms with Crippen LogP contribution in [0.2, 0.25) is 0 Å². The van der Waals surface area contributed by atoms with Gasteiger partial charge in [0.1, 0.15) is 11.2 Å². The molecule has 8 aromatic rings. The molecule has 0 fully saturated rings. The molecule has 172 valence electrons. The van der Waals surface area contributed by atoms with Gasteiger partial charge in [0.15, 0.2) is 0 Å². The summed E-state index contributed by atoms with van der Waals surface area (Å²) in [5.41, 5.74) is 4.38. The lowest BCUT2D eigenvalue weighted by molar-refractivity contribution is 0.674. The second-order valence-electron chi connectivity index (χ2n) is 9.29. The van der Waals surface area contributed by atoms with Crippen LogP contribution in [0.3, 0.4) is 0 Å². The summed E-state index contributed by atoms with van der Waals surface area (Å²) in [4.78, 5) is 0. The lowest BCUT2D eigenvalue weighted by Crippen LogP contribution is -1.90. The van der Waals surface area contributed by atoms with E-state index < -0.39 is 6.04 Å². The van der Waals surface area contributed by atoms with Crippen molar-refractivity contribution >= 4 is 54.3 Å². The Morgan fingerprint density at radius 3 is 1.70 bits per heavy atom. The van der Waals surface area contributed by atoms with E-state index in [1.807, 2.05) is 60.7 Å². The zero-order valence-electron chi connectivity index (χ0n) is 24.7. The van der Waals surface area contributed by atoms with Gasteiger partial charge in [0.2, 0.25) is 0 Å². The number of furan rings is 1. The Labute approximate surface area is 221 Å². The van der Waals surface area contributed by atoms with Crippen LogP contribution in [0.1, 0.15) is 6.85 Å². The predicted octanol–water partition coefficient (Wildman–Crippen LogP) is 10.4. The van der Waals surface area contributed by atoms with Crippen LogP contribution in [0.5, 0.6) is 0 Å². The van der Waals surface area contributed by atoms with Gasteiger partial charge in [-0.05, 0) is 44.1 Å². The second-order valence-corrected chi connectivity index (χ2v) is 9.29. The van der Waals surface area contributed by atoms with Crippen molar-refractivity contribution in [3.8, 4) is 22.3 Å². The molecule has 7 aromatic carbocycles. The monoisotopic (exact) mass is 475 g/mol. The molecule has 0 N–H and O–H groups in total. The standard InChI is InChI=1S/C36H22O/c1-2-12-24(13-3-1)33-26-15-6-8-17-28(26)34(29-18-9-7-16-27(29)33)32-20-10-19-30-31-22-21-23-11-4-5-14-25(23)35(31)37-36(30)32/h1-22H/i1D,2D,3D,12D,13D. The minimum atomic E-state index is -0.400. The summed E-state index contributed by atoms with van der Waals surface area (Å²) in [6, 6.07) is 32.9. The topological polar surface area (TPSA) is 13.1 Å². The molecule has 8 rings (SSSR count). The molecule has 0 spiro atoms. The molecule has 1 nitrogen and oxygen atoms in total. The predicted molar refractivity (Wildman–Crippen MR) is 157 cm³/mol. The fourth-order valence-electron chi connectivity index (χ4n) is 5.79. The van der Waals surface area contributed by atoms with E-state index in [9.17, 15) is 0 Å². The van der Waals surface area contributed by atoms with Crippen LogP contribution in [0.15, 0.2) is 138 Å². The molecule has 0 saturated heterocycles. The van der Waals surface area contributed by atoms with Crippen LogP contribution in [0.4, 0.5) is 0 Å². The summed E-state index contributed by atoms with van der Waals surface area (Å²) in [5, 5.41) is 7.69. The van der Waals surface area contributed by atoms with Gasteiger partial charge in [-0.15, -0.1) is 0 Å². The highest BCUT2D eigenvalue weighted by Crippen LogP contribution is 2.46. The first-order valence-electron chi connectivity index (χ1n) is 14.8. The van der Waals surface area contributed by atoms with Crippen LogP contribution < -0.4 is 0 Å². The van der Waals surface area contributed by atoms with Gasteiger partial charge in [0, 0.05) is 27.3 Å². The first-order valence-corrected chi connectivity index (χ1v) is 12.3. The maximum absolute atomic E-state index is 8.79. The summed E-state index contributed by atoms with van der Waals surface area (Å²) in [7, 11) is 0. The lowest BCUT2D eigenvalue weighted by atomic mass is 9.85. The molecule has 0 unspecified atom stereocenters. The molecule has 0 amide bonds. The Bertz CT molecular complexity index is 2340. The van der Waals surface area contributed by atoms with Crippen LogP contribution in [-0.2, 0) is 0 Å². The molecule has 0 atom stereocenters. The lowest BCUT2D eigenvalue weighted by Gasteiger charge is -2.17. The molecular weight excluding hydrogens is 448 g/mol. The SMILES string of the molecule is [2H]c1c([2H])c([2H])c(-c2c3ccccc3c(-c3cccc4c3oc3c5ccccc5ccc43)c3ccccc23)c([2H])c1[2H]. The minimum absolute atomic E-state index is 0.202. The molecule has 0 aliphatic rings. The Hall–Kier alpha value is -4.88. The average molecular weight is 476 g/mol. The van der Waals surface area contributed by atoms with Crippen molar-refractivity contribution in [2.75, 3.05) is 0 Å². The third-order valence-corrected chi connectivity index (χ3v) is 7.34. The highest BCUT2D eigenvalue weighted by molar-refractivity contribution is 6.25. The minimum Gasteiger partial charge on any atom is -0.455 e. The zero-order valence-corrected chi connectivity index (χ0v) is 19.7. The Morgan fingerprint density at radius 1 is 0.432 bits per heavy atom. The number of para-hydroxylation sites is 1. The van der Waals surface area contributed by atoms with Crippen LogP contribution in [0, 0.1) is 0 Å². The average Bonchev–Trinajstić information content (AvgIpc) is 3.42. The van der Waals surface area contributed by atoms with Gasteiger partial charge in [0.25, 0.3) is 0 Å². The van der Waals surface area contributed by atoms with E-state index in [1.54, 1.807) is 0 Å². The molecule has 37 heavy (non-hydrogen) atoms. The van der Waals surface area contributed by atoms with E-state index in [0.29, 0.717) is 5.56 Å². The largest absolute Gasteiger partial charge is 0.455 e. The van der Waals surface area contributed by atoms with Gasteiger partial charge in [-0.3, -0.25) is 0 Å². The summed E-state index contributed by atoms with van der Waals surface area (Å²) in [6.45, 7) is 0. The van der Waals surface area contributed by atoms with Crippen LogP contribution >= 0.6 is 0 Å². The molecule has 0 radical (unpaired) electrons. The number of hydrogen-bond acceptors (Lipinski definition) is 1. The molecule has 1 heteroatoms. The molecular formula is C36H22O. The highest BCUT2D eigenvalue weighted by Gasteiger charge is 2.20. The summed E-state index contributed by atoms with van der Waals surface area (Å²) >= 11 is 0. The Balaban J connectivity index is 1.55. The van der Waals surface area contributed by atoms with Crippen molar-refractivity contribution in [1.82, 2.24) is 0 Å². The Morgan fingerprint density at radius 2 is 1.00 bits per heavy atom. The maximum atomic E-state index is 8.79. The molecule has 0 aliphatic carbocycles. The fraction of sp³-hybridized carbons (Fsp3) is 0. The van der Waals surface area contributed by atoms with Crippen molar-refractivity contribution in [2.45, 2.75) is 0 Å². The quantitative estimate of drug-likeness (QED) is 0.227. The van der Waals surface area contributed by atoms with E-state index in [1.165, 1.54) is 0 Å².